The standard InChI is InChI=1S/C13H8N2O2/c1-17-13(16)11-7-9(3-2-5-14)8-12-10(11)4-6-15-12/h4,6-8,15H,1H3. The molecule has 0 aliphatic heterocycles. The highest BCUT2D eigenvalue weighted by atomic mass is 16.5. The van der Waals surface area contributed by atoms with E-state index in [0.29, 0.717) is 11.1 Å². The Kier molecular flexibility index (Phi) is 2.81. The number of nitriles is 1. The lowest BCUT2D eigenvalue weighted by atomic mass is 10.1. The van der Waals surface area contributed by atoms with E-state index in [0.717, 1.165) is 10.9 Å². The number of aromatic amines is 1. The number of nitrogens with zero attached hydrogens (tertiary/aromatic N) is 1. The van der Waals surface area contributed by atoms with Gasteiger partial charge in [0, 0.05) is 28.6 Å². The molecule has 1 heterocycles. The Morgan fingerprint density at radius 2 is 2.29 bits per heavy atom. The number of ether oxygens (including phenoxy) is 1. The second-order valence-corrected chi connectivity index (χ2v) is 3.32. The van der Waals surface area contributed by atoms with Crippen molar-refractivity contribution in [3.63, 3.8) is 0 Å². The van der Waals surface area contributed by atoms with Crippen molar-refractivity contribution in [2.45, 2.75) is 0 Å². The zero-order chi connectivity index (χ0) is 12.3. The molecule has 0 fully saturated rings. The van der Waals surface area contributed by atoms with Crippen LogP contribution >= 0.6 is 0 Å². The highest BCUT2D eigenvalue weighted by molar-refractivity contribution is 6.04. The molecule has 0 amide bonds. The fourth-order valence-corrected chi connectivity index (χ4v) is 1.62. The van der Waals surface area contributed by atoms with Crippen molar-refractivity contribution in [2.24, 2.45) is 0 Å². The Bertz CT molecular complexity index is 681. The van der Waals surface area contributed by atoms with Crippen LogP contribution in [-0.2, 0) is 4.74 Å². The molecule has 0 bridgehead atoms. The topological polar surface area (TPSA) is 65.9 Å². The molecule has 0 aliphatic carbocycles. The van der Waals surface area contributed by atoms with Crippen LogP contribution in [0.15, 0.2) is 24.4 Å². The number of carbonyl (C=O) groups excluding carboxylic acids is 1. The molecular formula is C13H8N2O2. The zero-order valence-electron chi connectivity index (χ0n) is 9.07. The summed E-state index contributed by atoms with van der Waals surface area (Å²) in [5.74, 6) is 4.53. The number of hydrogen-bond donors (Lipinski definition) is 1. The molecule has 1 N–H and O–H groups in total. The fourth-order valence-electron chi connectivity index (χ4n) is 1.62. The lowest BCUT2D eigenvalue weighted by Gasteiger charge is -2.02. The fraction of sp³-hybridized carbons (Fsp3) is 0.0769. The Hall–Kier alpha value is -2.72. The summed E-state index contributed by atoms with van der Waals surface area (Å²) in [5, 5.41) is 9.18. The molecule has 1 aromatic carbocycles. The van der Waals surface area contributed by atoms with Gasteiger partial charge in [-0.2, -0.15) is 5.26 Å². The molecule has 0 saturated carbocycles. The van der Waals surface area contributed by atoms with Crippen molar-refractivity contribution in [3.8, 4) is 17.9 Å². The van der Waals surface area contributed by atoms with Gasteiger partial charge in [-0.15, -0.1) is 0 Å². The molecule has 4 nitrogen and oxygen atoms in total. The first-order valence-electron chi connectivity index (χ1n) is 4.86. The van der Waals surface area contributed by atoms with Crippen molar-refractivity contribution in [2.75, 3.05) is 7.11 Å². The summed E-state index contributed by atoms with van der Waals surface area (Å²) in [5.41, 5.74) is 1.82. The van der Waals surface area contributed by atoms with E-state index in [1.54, 1.807) is 30.5 Å². The van der Waals surface area contributed by atoms with Crippen molar-refractivity contribution >= 4 is 16.9 Å². The van der Waals surface area contributed by atoms with Crippen LogP contribution in [0.1, 0.15) is 15.9 Å². The minimum absolute atomic E-state index is 0.421. The van der Waals surface area contributed by atoms with Crippen LogP contribution in [0.2, 0.25) is 0 Å². The average molecular weight is 224 g/mol. The molecule has 82 valence electrons. The van der Waals surface area contributed by atoms with Gasteiger partial charge in [-0.1, -0.05) is 5.92 Å². The van der Waals surface area contributed by atoms with E-state index in [2.05, 4.69) is 16.8 Å². The molecule has 2 rings (SSSR count). The van der Waals surface area contributed by atoms with E-state index < -0.39 is 5.97 Å². The van der Waals surface area contributed by atoms with Crippen molar-refractivity contribution in [3.05, 3.63) is 35.5 Å². The highest BCUT2D eigenvalue weighted by Crippen LogP contribution is 2.20. The molecule has 1 aromatic heterocycles. The first kappa shape index (κ1) is 10.8. The molecule has 0 unspecified atom stereocenters. The van der Waals surface area contributed by atoms with Crippen molar-refractivity contribution < 1.29 is 9.53 Å². The third kappa shape index (κ3) is 1.97. The van der Waals surface area contributed by atoms with Crippen LogP contribution in [0, 0.1) is 23.2 Å². The second-order valence-electron chi connectivity index (χ2n) is 3.32. The van der Waals surface area contributed by atoms with Gasteiger partial charge in [-0.3, -0.25) is 0 Å². The van der Waals surface area contributed by atoms with E-state index in [-0.39, 0.29) is 0 Å². The van der Waals surface area contributed by atoms with Gasteiger partial charge in [0.1, 0.15) is 0 Å². The third-order valence-corrected chi connectivity index (χ3v) is 2.34. The van der Waals surface area contributed by atoms with Crippen LogP contribution in [0.5, 0.6) is 0 Å². The molecular weight excluding hydrogens is 216 g/mol. The summed E-state index contributed by atoms with van der Waals surface area (Å²) in [6.45, 7) is 0. The lowest BCUT2D eigenvalue weighted by molar-refractivity contribution is 0.0603. The van der Waals surface area contributed by atoms with E-state index in [9.17, 15) is 4.79 Å². The number of nitrogens with one attached hydrogen (secondary N) is 1. The number of carbonyl (C=O) groups is 1. The zero-order valence-corrected chi connectivity index (χ0v) is 9.07. The number of aromatic nitrogens is 1. The summed E-state index contributed by atoms with van der Waals surface area (Å²) in [4.78, 5) is 14.6. The summed E-state index contributed by atoms with van der Waals surface area (Å²) in [7, 11) is 1.33. The molecule has 0 spiro atoms. The monoisotopic (exact) mass is 224 g/mol. The van der Waals surface area contributed by atoms with Crippen LogP contribution in [0.4, 0.5) is 0 Å². The first-order chi connectivity index (χ1) is 8.26. The van der Waals surface area contributed by atoms with Gasteiger partial charge in [-0.05, 0) is 18.2 Å². The molecule has 2 aromatic rings. The number of fused-ring (bicyclic) bond motifs is 1. The number of hydrogen-bond acceptors (Lipinski definition) is 3. The van der Waals surface area contributed by atoms with E-state index >= 15 is 0 Å². The normalized spacial score (nSPS) is 9.18. The Morgan fingerprint density at radius 3 is 3.00 bits per heavy atom. The molecule has 0 saturated heterocycles. The smallest absolute Gasteiger partial charge is 0.338 e. The third-order valence-electron chi connectivity index (χ3n) is 2.34. The maximum Gasteiger partial charge on any atom is 0.338 e. The molecule has 4 heteroatoms. The number of benzene rings is 1. The molecule has 17 heavy (non-hydrogen) atoms. The maximum absolute atomic E-state index is 11.6. The van der Waals surface area contributed by atoms with Gasteiger partial charge in [0.25, 0.3) is 0 Å². The lowest BCUT2D eigenvalue weighted by Crippen LogP contribution is -2.02. The second kappa shape index (κ2) is 4.42. The minimum atomic E-state index is -0.421. The minimum Gasteiger partial charge on any atom is -0.465 e. The summed E-state index contributed by atoms with van der Waals surface area (Å²) in [6, 6.07) is 6.93. The van der Waals surface area contributed by atoms with Crippen LogP contribution in [0.3, 0.4) is 0 Å². The number of rotatable bonds is 1. The number of H-pyrrole nitrogens is 1. The number of esters is 1. The Morgan fingerprint density at radius 1 is 1.47 bits per heavy atom. The van der Waals surface area contributed by atoms with Gasteiger partial charge in [0.2, 0.25) is 0 Å². The van der Waals surface area contributed by atoms with E-state index in [1.807, 2.05) is 0 Å². The Labute approximate surface area is 97.8 Å². The molecule has 0 radical (unpaired) electrons. The maximum atomic E-state index is 11.6. The molecule has 0 atom stereocenters. The predicted octanol–water partition coefficient (Wildman–Crippen LogP) is 1.83. The van der Waals surface area contributed by atoms with E-state index in [1.165, 1.54) is 7.11 Å². The SMILES string of the molecule is COC(=O)c1cc(C#CC#N)cc2[nH]ccc12. The summed E-state index contributed by atoms with van der Waals surface area (Å²) in [6.07, 6.45) is 1.73. The van der Waals surface area contributed by atoms with Gasteiger partial charge >= 0.3 is 5.97 Å². The quantitative estimate of drug-likeness (QED) is 0.593. The summed E-state index contributed by atoms with van der Waals surface area (Å²) >= 11 is 0. The predicted molar refractivity (Wildman–Crippen MR) is 62.1 cm³/mol. The van der Waals surface area contributed by atoms with Crippen molar-refractivity contribution in [1.29, 1.82) is 5.26 Å². The largest absolute Gasteiger partial charge is 0.465 e. The Balaban J connectivity index is 2.67. The molecule has 0 aliphatic rings. The summed E-state index contributed by atoms with van der Waals surface area (Å²) < 4.78 is 4.71. The first-order valence-corrected chi connectivity index (χ1v) is 4.86. The van der Waals surface area contributed by atoms with Gasteiger partial charge in [0.15, 0.2) is 6.07 Å². The number of methoxy groups -OCH3 is 1. The highest BCUT2D eigenvalue weighted by Gasteiger charge is 2.12. The van der Waals surface area contributed by atoms with Crippen LogP contribution < -0.4 is 0 Å². The van der Waals surface area contributed by atoms with Gasteiger partial charge < -0.3 is 9.72 Å². The van der Waals surface area contributed by atoms with Gasteiger partial charge in [0.05, 0.1) is 12.7 Å². The van der Waals surface area contributed by atoms with Crippen molar-refractivity contribution in [1.82, 2.24) is 4.98 Å². The van der Waals surface area contributed by atoms with E-state index in [4.69, 9.17) is 10.00 Å². The van der Waals surface area contributed by atoms with Crippen LogP contribution in [0.25, 0.3) is 10.9 Å². The van der Waals surface area contributed by atoms with Gasteiger partial charge in [-0.25, -0.2) is 4.79 Å². The van der Waals surface area contributed by atoms with Crippen LogP contribution in [-0.4, -0.2) is 18.1 Å². The average Bonchev–Trinajstić information content (AvgIpc) is 2.82.